The summed E-state index contributed by atoms with van der Waals surface area (Å²) < 4.78 is 5.73. The van der Waals surface area contributed by atoms with E-state index in [-0.39, 0.29) is 5.75 Å². The molecule has 0 unspecified atom stereocenters. The third-order valence-electron chi connectivity index (χ3n) is 2.93. The largest absolute Gasteiger partial charge is 0.481 e. The number of nitrogens with zero attached hydrogens (tertiary/aromatic N) is 2. The van der Waals surface area contributed by atoms with Crippen LogP contribution >= 0.6 is 11.8 Å². The lowest BCUT2D eigenvalue weighted by Gasteiger charge is -2.00. The fourth-order valence-corrected chi connectivity index (χ4v) is 2.40. The van der Waals surface area contributed by atoms with Gasteiger partial charge in [-0.1, -0.05) is 11.8 Å². The Morgan fingerprint density at radius 3 is 2.65 bits per heavy atom. The van der Waals surface area contributed by atoms with Gasteiger partial charge >= 0.3 is 5.97 Å². The summed E-state index contributed by atoms with van der Waals surface area (Å²) in [6.45, 7) is 0. The van der Waals surface area contributed by atoms with Gasteiger partial charge in [0.15, 0.2) is 11.6 Å². The van der Waals surface area contributed by atoms with Gasteiger partial charge in [0.25, 0.3) is 0 Å². The van der Waals surface area contributed by atoms with Crippen LogP contribution in [-0.2, 0) is 4.79 Å². The number of thioether (sulfide) groups is 1. The summed E-state index contributed by atoms with van der Waals surface area (Å²) in [5.74, 6) is 0.534. The molecule has 0 amide bonds. The third kappa shape index (κ3) is 3.52. The summed E-state index contributed by atoms with van der Waals surface area (Å²) >= 11 is 1.03. The third-order valence-corrected chi connectivity index (χ3v) is 3.76. The maximum atomic E-state index is 10.5. The second-order valence-corrected chi connectivity index (χ2v) is 5.44. The van der Waals surface area contributed by atoms with Crippen molar-refractivity contribution in [1.29, 1.82) is 0 Å². The van der Waals surface area contributed by atoms with E-state index in [0.717, 1.165) is 17.3 Å². The normalized spacial score (nSPS) is 10.7. The zero-order valence-corrected chi connectivity index (χ0v) is 12.5. The van der Waals surface area contributed by atoms with E-state index in [2.05, 4.69) is 20.7 Å². The fraction of sp³-hybridized carbons (Fsp3) is 0.0714. The van der Waals surface area contributed by atoms with Crippen LogP contribution in [0.1, 0.15) is 0 Å². The van der Waals surface area contributed by atoms with Crippen molar-refractivity contribution in [3.05, 3.63) is 36.4 Å². The van der Waals surface area contributed by atoms with Crippen molar-refractivity contribution in [2.24, 2.45) is 0 Å². The average Bonchev–Trinajstić information content (AvgIpc) is 3.22. The molecule has 0 aliphatic rings. The van der Waals surface area contributed by atoms with Gasteiger partial charge < -0.3 is 9.52 Å². The number of furan rings is 1. The van der Waals surface area contributed by atoms with Gasteiger partial charge in [0.05, 0.1) is 11.4 Å². The molecule has 0 saturated carbocycles. The van der Waals surface area contributed by atoms with Crippen LogP contribution in [0, 0.1) is 0 Å². The summed E-state index contributed by atoms with van der Waals surface area (Å²) in [6, 6.07) is 10.6. The SMILES string of the molecule is O=C(O)CSc1n[nH]c(-c2ccc(-c3ccc(NO)cc3)o2)n1. The highest BCUT2D eigenvalue weighted by atomic mass is 32.2. The number of nitrogens with one attached hydrogen (secondary N) is 2. The van der Waals surface area contributed by atoms with Crippen molar-refractivity contribution < 1.29 is 19.5 Å². The smallest absolute Gasteiger partial charge is 0.313 e. The quantitative estimate of drug-likeness (QED) is 0.401. The van der Waals surface area contributed by atoms with Crippen molar-refractivity contribution in [1.82, 2.24) is 15.2 Å². The number of carbonyl (C=O) groups is 1. The lowest BCUT2D eigenvalue weighted by atomic mass is 10.1. The first-order valence-corrected chi connectivity index (χ1v) is 7.52. The highest BCUT2D eigenvalue weighted by Gasteiger charge is 2.12. The molecule has 9 heteroatoms. The monoisotopic (exact) mass is 332 g/mol. The number of aromatic amines is 1. The Labute approximate surface area is 134 Å². The molecular formula is C14H12N4O4S. The number of carboxylic acids is 1. The predicted octanol–water partition coefficient (Wildman–Crippen LogP) is 2.71. The molecule has 0 aliphatic carbocycles. The molecule has 0 saturated heterocycles. The molecular weight excluding hydrogens is 320 g/mol. The molecule has 0 atom stereocenters. The van der Waals surface area contributed by atoms with Crippen LogP contribution in [0.5, 0.6) is 0 Å². The summed E-state index contributed by atoms with van der Waals surface area (Å²) in [5.41, 5.74) is 3.48. The molecule has 0 radical (unpaired) electrons. The minimum atomic E-state index is -0.928. The van der Waals surface area contributed by atoms with Crippen LogP contribution in [0.4, 0.5) is 5.69 Å². The molecule has 0 aliphatic heterocycles. The van der Waals surface area contributed by atoms with E-state index in [0.29, 0.717) is 28.2 Å². The van der Waals surface area contributed by atoms with Crippen LogP contribution in [0.25, 0.3) is 22.9 Å². The minimum Gasteiger partial charge on any atom is -0.481 e. The zero-order chi connectivity index (χ0) is 16.2. The first-order chi connectivity index (χ1) is 11.2. The number of aliphatic carboxylic acids is 1. The van der Waals surface area contributed by atoms with Gasteiger partial charge in [-0.05, 0) is 36.4 Å². The number of anilines is 1. The number of benzene rings is 1. The minimum absolute atomic E-state index is 0.105. The number of hydrogen-bond acceptors (Lipinski definition) is 7. The van der Waals surface area contributed by atoms with Gasteiger partial charge in [0, 0.05) is 5.56 Å². The molecule has 8 nitrogen and oxygen atoms in total. The lowest BCUT2D eigenvalue weighted by Crippen LogP contribution is -1.97. The summed E-state index contributed by atoms with van der Waals surface area (Å²) in [4.78, 5) is 14.7. The highest BCUT2D eigenvalue weighted by molar-refractivity contribution is 7.99. The van der Waals surface area contributed by atoms with Crippen LogP contribution < -0.4 is 5.48 Å². The number of aromatic nitrogens is 3. The van der Waals surface area contributed by atoms with E-state index in [1.54, 1.807) is 36.4 Å². The Hall–Kier alpha value is -2.78. The Kier molecular flexibility index (Phi) is 4.31. The molecule has 118 valence electrons. The highest BCUT2D eigenvalue weighted by Crippen LogP contribution is 2.28. The topological polar surface area (TPSA) is 124 Å². The second-order valence-electron chi connectivity index (χ2n) is 4.50. The summed E-state index contributed by atoms with van der Waals surface area (Å²) in [7, 11) is 0. The van der Waals surface area contributed by atoms with E-state index in [1.165, 1.54) is 0 Å². The van der Waals surface area contributed by atoms with Crippen LogP contribution in [0.15, 0.2) is 46.0 Å². The Morgan fingerprint density at radius 1 is 1.22 bits per heavy atom. The fourth-order valence-electron chi connectivity index (χ4n) is 1.88. The van der Waals surface area contributed by atoms with E-state index in [4.69, 9.17) is 14.7 Å². The summed E-state index contributed by atoms with van der Waals surface area (Å²) in [5, 5.41) is 24.4. The predicted molar refractivity (Wildman–Crippen MR) is 83.3 cm³/mol. The first kappa shape index (κ1) is 15.1. The molecule has 0 spiro atoms. The average molecular weight is 332 g/mol. The van der Waals surface area contributed by atoms with Crippen LogP contribution in [-0.4, -0.2) is 37.2 Å². The van der Waals surface area contributed by atoms with Gasteiger partial charge in [0.2, 0.25) is 5.16 Å². The van der Waals surface area contributed by atoms with E-state index in [1.807, 2.05) is 0 Å². The molecule has 2 heterocycles. The van der Waals surface area contributed by atoms with E-state index in [9.17, 15) is 4.79 Å². The van der Waals surface area contributed by atoms with Crippen molar-refractivity contribution >= 4 is 23.4 Å². The molecule has 4 N–H and O–H groups in total. The second kappa shape index (κ2) is 6.55. The van der Waals surface area contributed by atoms with Crippen LogP contribution in [0.3, 0.4) is 0 Å². The molecule has 1 aromatic carbocycles. The van der Waals surface area contributed by atoms with Crippen molar-refractivity contribution in [2.75, 3.05) is 11.2 Å². The maximum absolute atomic E-state index is 10.5. The molecule has 3 rings (SSSR count). The molecule has 2 aromatic heterocycles. The number of hydrogen-bond donors (Lipinski definition) is 4. The standard InChI is InChI=1S/C14H12N4O4S/c19-12(20)7-23-14-15-13(16-17-14)11-6-5-10(22-11)8-1-3-9(18-21)4-2-8/h1-6,18,21H,7H2,(H,19,20)(H,15,16,17). The molecule has 0 fully saturated rings. The van der Waals surface area contributed by atoms with E-state index < -0.39 is 5.97 Å². The van der Waals surface area contributed by atoms with Gasteiger partial charge in [0.1, 0.15) is 5.76 Å². The van der Waals surface area contributed by atoms with Gasteiger partial charge in [-0.25, -0.2) is 0 Å². The molecule has 23 heavy (non-hydrogen) atoms. The van der Waals surface area contributed by atoms with Crippen LogP contribution in [0.2, 0.25) is 0 Å². The number of H-pyrrole nitrogens is 1. The zero-order valence-electron chi connectivity index (χ0n) is 11.7. The molecule has 3 aromatic rings. The lowest BCUT2D eigenvalue weighted by molar-refractivity contribution is -0.133. The maximum Gasteiger partial charge on any atom is 0.313 e. The number of rotatable bonds is 6. The Balaban J connectivity index is 1.77. The van der Waals surface area contributed by atoms with Gasteiger partial charge in [-0.3, -0.25) is 20.6 Å². The van der Waals surface area contributed by atoms with Crippen molar-refractivity contribution in [3.8, 4) is 22.9 Å². The van der Waals surface area contributed by atoms with Crippen molar-refractivity contribution in [3.63, 3.8) is 0 Å². The summed E-state index contributed by atoms with van der Waals surface area (Å²) in [6.07, 6.45) is 0. The Morgan fingerprint density at radius 2 is 1.96 bits per heavy atom. The Bertz CT molecular complexity index is 812. The van der Waals surface area contributed by atoms with Gasteiger partial charge in [-0.2, -0.15) is 4.98 Å². The number of carboxylic acid groups (broad SMARTS) is 1. The van der Waals surface area contributed by atoms with Crippen molar-refractivity contribution in [2.45, 2.75) is 5.16 Å². The van der Waals surface area contributed by atoms with E-state index >= 15 is 0 Å². The van der Waals surface area contributed by atoms with Gasteiger partial charge in [-0.15, -0.1) is 5.10 Å². The molecule has 0 bridgehead atoms. The first-order valence-electron chi connectivity index (χ1n) is 6.53.